The van der Waals surface area contributed by atoms with Crippen molar-refractivity contribution >= 4 is 17.5 Å². The van der Waals surface area contributed by atoms with Crippen LogP contribution >= 0.6 is 0 Å². The summed E-state index contributed by atoms with van der Waals surface area (Å²) in [5.74, 6) is -8.78. The Morgan fingerprint density at radius 2 is 1.64 bits per heavy atom. The number of amides is 1. The molecule has 1 amide bonds. The molecule has 1 aromatic rings. The Morgan fingerprint density at radius 3 is 2.10 bits per heavy atom. The highest BCUT2D eigenvalue weighted by molar-refractivity contribution is 6.09. The number of phenols is 1. The molecule has 2 fully saturated rings. The number of carbonyl (C=O) groups is 3. The summed E-state index contributed by atoms with van der Waals surface area (Å²) in [6, 6.07) is 1.83. The van der Waals surface area contributed by atoms with Gasteiger partial charge in [0.1, 0.15) is 17.8 Å². The molecule has 39 heavy (non-hydrogen) atoms. The average Bonchev–Trinajstić information content (AvgIpc) is 2.79. The largest absolute Gasteiger partial charge is 0.507 e. The van der Waals surface area contributed by atoms with Gasteiger partial charge in [-0.2, -0.15) is 0 Å². The molecule has 2 saturated carbocycles. The number of fused-ring (bicyclic) bond motifs is 3. The van der Waals surface area contributed by atoms with Gasteiger partial charge in [0, 0.05) is 16.4 Å². The van der Waals surface area contributed by atoms with Crippen LogP contribution in [-0.4, -0.2) is 66.9 Å². The van der Waals surface area contributed by atoms with E-state index in [0.29, 0.717) is 11.1 Å². The monoisotopic (exact) mass is 545 g/mol. The van der Waals surface area contributed by atoms with E-state index in [1.807, 2.05) is 33.8 Å². The van der Waals surface area contributed by atoms with Gasteiger partial charge in [0.2, 0.25) is 5.91 Å². The number of hydrogen-bond acceptors (Lipinski definition) is 8. The van der Waals surface area contributed by atoms with E-state index in [9.17, 15) is 39.9 Å². The number of phenolic OH excluding ortho intramolecular Hbond substituents is 1. The molecule has 0 heterocycles. The van der Waals surface area contributed by atoms with E-state index in [-0.39, 0.29) is 11.3 Å². The maximum atomic E-state index is 14.3. The third kappa shape index (κ3) is 3.30. The molecule has 1 aromatic carbocycles. The normalized spacial score (nSPS) is 42.2. The van der Waals surface area contributed by atoms with Gasteiger partial charge in [0.25, 0.3) is 0 Å². The first-order valence-electron chi connectivity index (χ1n) is 13.7. The van der Waals surface area contributed by atoms with Crippen LogP contribution in [-0.2, 0) is 15.0 Å². The number of primary amides is 1. The van der Waals surface area contributed by atoms with Crippen molar-refractivity contribution in [3.63, 3.8) is 0 Å². The van der Waals surface area contributed by atoms with Crippen LogP contribution in [0.1, 0.15) is 88.4 Å². The number of carbonyl (C=O) groups excluding carboxylic acids is 3. The van der Waals surface area contributed by atoms with Gasteiger partial charge in [0.15, 0.2) is 17.2 Å². The lowest BCUT2D eigenvalue weighted by atomic mass is 9.36. The number of nitrogens with two attached hydrogens (primary N) is 1. The number of Topliss-reactive ketones (excluding diaryl/α,β-unsaturated/α-hetero) is 2. The maximum Gasteiger partial charge on any atom is 0.230 e. The summed E-state index contributed by atoms with van der Waals surface area (Å²) < 4.78 is 0. The quantitative estimate of drug-likeness (QED) is 0.304. The molecule has 10 atom stereocenters. The van der Waals surface area contributed by atoms with Crippen LogP contribution in [0.15, 0.2) is 6.07 Å². The molecule has 3 aliphatic rings. The van der Waals surface area contributed by atoms with E-state index in [4.69, 9.17) is 5.73 Å². The van der Waals surface area contributed by atoms with Crippen molar-refractivity contribution < 1.29 is 39.9 Å². The number of aliphatic hydroxyl groups excluding tert-OH is 3. The predicted octanol–water partition coefficient (Wildman–Crippen LogP) is 1.71. The Bertz CT molecular complexity index is 1270. The zero-order valence-corrected chi connectivity index (χ0v) is 24.2. The minimum absolute atomic E-state index is 0.00325. The van der Waals surface area contributed by atoms with Crippen LogP contribution in [0.2, 0.25) is 0 Å². The van der Waals surface area contributed by atoms with Crippen molar-refractivity contribution in [3.05, 3.63) is 28.3 Å². The van der Waals surface area contributed by atoms with Gasteiger partial charge in [-0.1, -0.05) is 61.5 Å². The highest BCUT2D eigenvalue weighted by atomic mass is 16.4. The number of rotatable bonds is 2. The fourth-order valence-electron chi connectivity index (χ4n) is 8.71. The smallest absolute Gasteiger partial charge is 0.230 e. The Kier molecular flexibility index (Phi) is 6.53. The third-order valence-electron chi connectivity index (χ3n) is 10.7. The van der Waals surface area contributed by atoms with E-state index in [2.05, 4.69) is 0 Å². The molecule has 0 bridgehead atoms. The van der Waals surface area contributed by atoms with Crippen LogP contribution in [0.3, 0.4) is 0 Å². The molecule has 3 aliphatic carbocycles. The molecule has 7 N–H and O–H groups in total. The van der Waals surface area contributed by atoms with Crippen molar-refractivity contribution in [2.24, 2.45) is 40.2 Å². The first-order valence-corrected chi connectivity index (χ1v) is 13.7. The first-order chi connectivity index (χ1) is 17.6. The van der Waals surface area contributed by atoms with Crippen molar-refractivity contribution in [2.45, 2.75) is 97.6 Å². The second-order valence-corrected chi connectivity index (χ2v) is 14.0. The molecule has 216 valence electrons. The summed E-state index contributed by atoms with van der Waals surface area (Å²) in [5, 5.41) is 59.1. The van der Waals surface area contributed by atoms with Crippen molar-refractivity contribution in [1.82, 2.24) is 0 Å². The van der Waals surface area contributed by atoms with Crippen molar-refractivity contribution in [1.29, 1.82) is 0 Å². The van der Waals surface area contributed by atoms with Crippen molar-refractivity contribution in [3.8, 4) is 5.75 Å². The summed E-state index contributed by atoms with van der Waals surface area (Å²) in [6.07, 6.45) is -5.26. The highest BCUT2D eigenvalue weighted by Crippen LogP contribution is 2.68. The highest BCUT2D eigenvalue weighted by Gasteiger charge is 2.80. The molecule has 2 unspecified atom stereocenters. The van der Waals surface area contributed by atoms with E-state index in [0.717, 1.165) is 5.56 Å². The number of benzene rings is 1. The summed E-state index contributed by atoms with van der Waals surface area (Å²) >= 11 is 0. The molecule has 9 heteroatoms. The van der Waals surface area contributed by atoms with E-state index in [1.165, 1.54) is 6.92 Å². The van der Waals surface area contributed by atoms with Crippen LogP contribution in [0, 0.1) is 41.4 Å². The van der Waals surface area contributed by atoms with E-state index < -0.39 is 87.2 Å². The second kappa shape index (κ2) is 8.59. The molecule has 0 aliphatic heterocycles. The molecule has 0 radical (unpaired) electrons. The molecule has 4 rings (SSSR count). The zero-order chi connectivity index (χ0) is 29.9. The fourth-order valence-corrected chi connectivity index (χ4v) is 8.71. The third-order valence-corrected chi connectivity index (χ3v) is 10.7. The Hall–Kier alpha value is -2.33. The minimum atomic E-state index is -2.79. The molecule has 0 aromatic heterocycles. The Labute approximate surface area is 229 Å². The van der Waals surface area contributed by atoms with Crippen molar-refractivity contribution in [2.75, 3.05) is 0 Å². The lowest BCUT2D eigenvalue weighted by molar-refractivity contribution is -0.306. The first kappa shape index (κ1) is 29.6. The lowest BCUT2D eigenvalue weighted by Crippen LogP contribution is -2.83. The second-order valence-electron chi connectivity index (χ2n) is 14.0. The van der Waals surface area contributed by atoms with Crippen LogP contribution < -0.4 is 5.73 Å². The molecular formula is C30H43NO8. The van der Waals surface area contributed by atoms with E-state index >= 15 is 0 Å². The summed E-state index contributed by atoms with van der Waals surface area (Å²) in [4.78, 5) is 40.6. The van der Waals surface area contributed by atoms with Gasteiger partial charge >= 0.3 is 0 Å². The van der Waals surface area contributed by atoms with E-state index in [1.54, 1.807) is 27.7 Å². The van der Waals surface area contributed by atoms with Gasteiger partial charge < -0.3 is 31.3 Å². The van der Waals surface area contributed by atoms with Gasteiger partial charge in [0.05, 0.1) is 23.7 Å². The molecule has 9 nitrogen and oxygen atoms in total. The Balaban J connectivity index is 2.08. The Morgan fingerprint density at radius 1 is 1.10 bits per heavy atom. The van der Waals surface area contributed by atoms with Crippen LogP contribution in [0.5, 0.6) is 5.75 Å². The summed E-state index contributed by atoms with van der Waals surface area (Å²) in [5.41, 5.74) is 0.709. The number of aromatic hydroxyl groups is 1. The maximum absolute atomic E-state index is 14.3. The molecule has 0 saturated heterocycles. The summed E-state index contributed by atoms with van der Waals surface area (Å²) in [6.45, 7) is 15.8. The molecular weight excluding hydrogens is 502 g/mol. The lowest BCUT2D eigenvalue weighted by Gasteiger charge is -2.69. The van der Waals surface area contributed by atoms with Crippen LogP contribution in [0.25, 0.3) is 0 Å². The SMILES string of the molecule is Cc1cc(C(C)(C)C)c(O)c2c1[C@@H](C)[C@@]1(C)[C@H](C2=O)C(O)[C@@]2(O)C(=O)[C@H](C(N)=O)C(O)[C@H](C(C)C)[C@@]2(C)[C@@H]1O. The van der Waals surface area contributed by atoms with Crippen LogP contribution in [0.4, 0.5) is 0 Å². The fraction of sp³-hybridized carbons (Fsp3) is 0.700. The molecule has 0 spiro atoms. The van der Waals surface area contributed by atoms with Gasteiger partial charge in [-0.25, -0.2) is 0 Å². The van der Waals surface area contributed by atoms with Gasteiger partial charge in [-0.3, -0.25) is 14.4 Å². The number of ketones is 2. The van der Waals surface area contributed by atoms with Gasteiger partial charge in [-0.05, 0) is 41.2 Å². The van der Waals surface area contributed by atoms with Gasteiger partial charge in [-0.15, -0.1) is 0 Å². The number of aliphatic hydroxyl groups is 4. The average molecular weight is 546 g/mol. The minimum Gasteiger partial charge on any atom is -0.507 e. The number of hydrogen-bond donors (Lipinski definition) is 6. The topological polar surface area (TPSA) is 178 Å². The zero-order valence-electron chi connectivity index (χ0n) is 24.2. The standard InChI is InChI=1S/C30H43NO8/c1-11(2)18-22(34)17(25(31)37)23(35)30(39)24(36)19-21(33)16-15(12(3)10-14(20(16)32)27(5,6)7)13(4)28(19,8)26(38)29(18,30)9/h10-11,13,17-19,22,24,26,32,34,36,38-39H,1-9H3,(H2,31,37)/t13-,17-,18+,19-,22?,24?,26-,28+,29+,30+/m1/s1. The predicted molar refractivity (Wildman–Crippen MR) is 143 cm³/mol. The summed E-state index contributed by atoms with van der Waals surface area (Å²) in [7, 11) is 0. The number of aryl methyl sites for hydroxylation is 1.